The molecule has 8 nitrogen and oxygen atoms in total. The van der Waals surface area contributed by atoms with Gasteiger partial charge in [0.2, 0.25) is 6.10 Å². The molecule has 1 aliphatic rings. The van der Waals surface area contributed by atoms with Crippen LogP contribution < -0.4 is 19.5 Å². The maximum atomic E-state index is 12.4. The number of carbonyl (C=O) groups is 1. The van der Waals surface area contributed by atoms with Gasteiger partial charge < -0.3 is 14.8 Å². The van der Waals surface area contributed by atoms with Gasteiger partial charge in [0.25, 0.3) is 15.9 Å². The fourth-order valence-corrected chi connectivity index (χ4v) is 3.77. The quantitative estimate of drug-likeness (QED) is 0.669. The Morgan fingerprint density at radius 2 is 1.72 bits per heavy atom. The van der Waals surface area contributed by atoms with Crippen molar-refractivity contribution in [2.45, 2.75) is 11.0 Å². The second-order valence-electron chi connectivity index (χ2n) is 6.23. The molecule has 4 rings (SSSR count). The summed E-state index contributed by atoms with van der Waals surface area (Å²) in [6.07, 6.45) is 2.16. The van der Waals surface area contributed by atoms with Gasteiger partial charge in [-0.05, 0) is 48.5 Å². The number of carbonyl (C=O) groups excluding carboxylic acids is 1. The molecule has 1 amide bonds. The first kappa shape index (κ1) is 18.8. The zero-order valence-electron chi connectivity index (χ0n) is 15.1. The van der Waals surface area contributed by atoms with E-state index in [1.165, 1.54) is 30.5 Å². The molecule has 2 N–H and O–H groups in total. The van der Waals surface area contributed by atoms with Crippen LogP contribution in [0.3, 0.4) is 0 Å². The maximum Gasteiger partial charge on any atom is 0.269 e. The lowest BCUT2D eigenvalue weighted by Gasteiger charge is -2.25. The summed E-state index contributed by atoms with van der Waals surface area (Å²) in [5.41, 5.74) is 0.803. The molecule has 0 saturated carbocycles. The van der Waals surface area contributed by atoms with Crippen LogP contribution in [-0.2, 0) is 14.8 Å². The number of hydrogen-bond acceptors (Lipinski definition) is 6. The average molecular weight is 411 g/mol. The van der Waals surface area contributed by atoms with Gasteiger partial charge in [-0.15, -0.1) is 0 Å². The van der Waals surface area contributed by atoms with Crippen LogP contribution in [0, 0.1) is 0 Å². The van der Waals surface area contributed by atoms with Crippen LogP contribution >= 0.6 is 0 Å². The molecule has 0 saturated heterocycles. The van der Waals surface area contributed by atoms with Gasteiger partial charge in [0.05, 0.1) is 16.8 Å². The van der Waals surface area contributed by atoms with Crippen molar-refractivity contribution < 1.29 is 22.7 Å². The Morgan fingerprint density at radius 1 is 0.966 bits per heavy atom. The predicted octanol–water partition coefficient (Wildman–Crippen LogP) is 2.66. The highest BCUT2D eigenvalue weighted by molar-refractivity contribution is 7.92. The Hall–Kier alpha value is -3.59. The van der Waals surface area contributed by atoms with E-state index in [1.807, 2.05) is 6.07 Å². The van der Waals surface area contributed by atoms with E-state index in [1.54, 1.807) is 36.5 Å². The molecule has 0 spiro atoms. The molecule has 148 valence electrons. The molecular weight excluding hydrogens is 394 g/mol. The fourth-order valence-electron chi connectivity index (χ4n) is 2.73. The van der Waals surface area contributed by atoms with Crippen molar-refractivity contribution in [2.24, 2.45) is 0 Å². The first-order valence-corrected chi connectivity index (χ1v) is 10.2. The number of pyridine rings is 1. The van der Waals surface area contributed by atoms with Crippen LogP contribution in [0.15, 0.2) is 78.0 Å². The number of aromatic nitrogens is 1. The largest absolute Gasteiger partial charge is 0.485 e. The summed E-state index contributed by atoms with van der Waals surface area (Å²) in [5.74, 6) is 0.706. The SMILES string of the molecule is O=C(Nc1ccc(S(=O)(=O)Nc2cccnc2)cc1)C1COc2ccccc2O1. The minimum Gasteiger partial charge on any atom is -0.485 e. The van der Waals surface area contributed by atoms with Crippen molar-refractivity contribution in [3.63, 3.8) is 0 Å². The Labute approximate surface area is 167 Å². The minimum atomic E-state index is -3.76. The average Bonchev–Trinajstić information content (AvgIpc) is 2.74. The standard InChI is InChI=1S/C20H17N3O5S/c24-20(19-13-27-17-5-1-2-6-18(17)28-19)22-14-7-9-16(10-8-14)29(25,26)23-15-4-3-11-21-12-15/h1-12,19,23H,13H2,(H,22,24). The first-order chi connectivity index (χ1) is 14.0. The third kappa shape index (κ3) is 4.30. The van der Waals surface area contributed by atoms with Crippen LogP contribution in [0.4, 0.5) is 11.4 Å². The van der Waals surface area contributed by atoms with Gasteiger partial charge in [-0.25, -0.2) is 8.42 Å². The summed E-state index contributed by atoms with van der Waals surface area (Å²) in [6, 6.07) is 16.2. The predicted molar refractivity (Wildman–Crippen MR) is 106 cm³/mol. The molecule has 0 bridgehead atoms. The van der Waals surface area contributed by atoms with Crippen molar-refractivity contribution in [1.82, 2.24) is 4.98 Å². The number of fused-ring (bicyclic) bond motifs is 1. The Morgan fingerprint density at radius 3 is 2.45 bits per heavy atom. The Bertz CT molecular complexity index is 1120. The lowest BCUT2D eigenvalue weighted by molar-refractivity contribution is -0.125. The number of para-hydroxylation sites is 2. The molecule has 2 heterocycles. The summed E-state index contributed by atoms with van der Waals surface area (Å²) in [5, 5.41) is 2.70. The molecule has 29 heavy (non-hydrogen) atoms. The zero-order valence-corrected chi connectivity index (χ0v) is 15.9. The number of benzene rings is 2. The normalized spacial score (nSPS) is 15.4. The van der Waals surface area contributed by atoms with Gasteiger partial charge in [0, 0.05) is 11.9 Å². The first-order valence-electron chi connectivity index (χ1n) is 8.73. The van der Waals surface area contributed by atoms with E-state index < -0.39 is 16.1 Å². The van der Waals surface area contributed by atoms with E-state index in [-0.39, 0.29) is 17.4 Å². The van der Waals surface area contributed by atoms with E-state index in [4.69, 9.17) is 9.47 Å². The molecule has 0 aliphatic carbocycles. The number of hydrogen-bond donors (Lipinski definition) is 2. The topological polar surface area (TPSA) is 107 Å². The van der Waals surface area contributed by atoms with E-state index in [0.29, 0.717) is 22.9 Å². The number of nitrogens with one attached hydrogen (secondary N) is 2. The van der Waals surface area contributed by atoms with Crippen LogP contribution in [0.25, 0.3) is 0 Å². The van der Waals surface area contributed by atoms with Gasteiger partial charge in [-0.2, -0.15) is 0 Å². The summed E-state index contributed by atoms with van der Waals surface area (Å²) < 4.78 is 38.5. The molecular formula is C20H17N3O5S. The second-order valence-corrected chi connectivity index (χ2v) is 7.91. The number of sulfonamides is 1. The monoisotopic (exact) mass is 411 g/mol. The number of amides is 1. The van der Waals surface area contributed by atoms with Crippen molar-refractivity contribution in [2.75, 3.05) is 16.6 Å². The molecule has 2 aromatic carbocycles. The zero-order chi connectivity index (χ0) is 20.3. The van der Waals surface area contributed by atoms with Gasteiger partial charge in [-0.1, -0.05) is 12.1 Å². The molecule has 0 radical (unpaired) electrons. The molecule has 1 atom stereocenters. The fraction of sp³-hybridized carbons (Fsp3) is 0.100. The number of nitrogens with zero attached hydrogens (tertiary/aromatic N) is 1. The highest BCUT2D eigenvalue weighted by Crippen LogP contribution is 2.31. The van der Waals surface area contributed by atoms with Crippen LogP contribution in [0.1, 0.15) is 0 Å². The summed E-state index contributed by atoms with van der Waals surface area (Å²) in [6.45, 7) is 0.0876. The van der Waals surface area contributed by atoms with Crippen LogP contribution in [-0.4, -0.2) is 32.0 Å². The number of anilines is 2. The van der Waals surface area contributed by atoms with Crippen LogP contribution in [0.5, 0.6) is 11.5 Å². The maximum absolute atomic E-state index is 12.4. The van der Waals surface area contributed by atoms with E-state index in [9.17, 15) is 13.2 Å². The third-order valence-electron chi connectivity index (χ3n) is 4.15. The third-order valence-corrected chi connectivity index (χ3v) is 5.54. The summed E-state index contributed by atoms with van der Waals surface area (Å²) in [4.78, 5) is 16.4. The van der Waals surface area contributed by atoms with Gasteiger partial charge >= 0.3 is 0 Å². The molecule has 1 aromatic heterocycles. The van der Waals surface area contributed by atoms with E-state index >= 15 is 0 Å². The van der Waals surface area contributed by atoms with Gasteiger partial charge in [0.15, 0.2) is 11.5 Å². The number of rotatable bonds is 5. The van der Waals surface area contributed by atoms with E-state index in [2.05, 4.69) is 15.0 Å². The van der Waals surface area contributed by atoms with Gasteiger partial charge in [-0.3, -0.25) is 14.5 Å². The van der Waals surface area contributed by atoms with Crippen molar-refractivity contribution >= 4 is 27.3 Å². The molecule has 3 aromatic rings. The Balaban J connectivity index is 1.41. The highest BCUT2D eigenvalue weighted by atomic mass is 32.2. The molecule has 1 aliphatic heterocycles. The lowest BCUT2D eigenvalue weighted by atomic mass is 10.2. The number of ether oxygens (including phenoxy) is 2. The van der Waals surface area contributed by atoms with E-state index in [0.717, 1.165) is 0 Å². The van der Waals surface area contributed by atoms with Crippen molar-refractivity contribution in [1.29, 1.82) is 0 Å². The molecule has 9 heteroatoms. The second kappa shape index (κ2) is 7.80. The van der Waals surface area contributed by atoms with Crippen molar-refractivity contribution in [3.8, 4) is 11.5 Å². The molecule has 0 fully saturated rings. The lowest BCUT2D eigenvalue weighted by Crippen LogP contribution is -2.40. The highest BCUT2D eigenvalue weighted by Gasteiger charge is 2.27. The minimum absolute atomic E-state index is 0.0607. The Kier molecular flexibility index (Phi) is 5.05. The summed E-state index contributed by atoms with van der Waals surface area (Å²) in [7, 11) is -3.76. The van der Waals surface area contributed by atoms with Gasteiger partial charge in [0.1, 0.15) is 6.61 Å². The van der Waals surface area contributed by atoms with Crippen molar-refractivity contribution in [3.05, 3.63) is 73.1 Å². The summed E-state index contributed by atoms with van der Waals surface area (Å²) >= 11 is 0. The smallest absolute Gasteiger partial charge is 0.269 e. The van der Waals surface area contributed by atoms with Crippen LogP contribution in [0.2, 0.25) is 0 Å². The molecule has 1 unspecified atom stereocenters.